The molecule has 0 aromatic rings. The van der Waals surface area contributed by atoms with E-state index in [0.717, 1.165) is 12.8 Å². The van der Waals surface area contributed by atoms with Crippen molar-refractivity contribution in [1.29, 1.82) is 0 Å². The SMILES string of the molecule is C=C(CC(=O)OCC(=O)OCCOCCC)C(=O)OCC(=O)OCCOCCC. The fraction of sp³-hybridized carbons (Fsp3) is 0.684. The largest absolute Gasteiger partial charge is 0.461 e. The van der Waals surface area contributed by atoms with E-state index in [2.05, 4.69) is 16.1 Å². The number of carbonyl (C=O) groups excluding carboxylic acids is 4. The molecule has 166 valence electrons. The van der Waals surface area contributed by atoms with E-state index in [9.17, 15) is 19.2 Å². The second-order valence-corrected chi connectivity index (χ2v) is 5.68. The number of rotatable bonds is 17. The molecule has 0 aliphatic carbocycles. The highest BCUT2D eigenvalue weighted by Gasteiger charge is 2.17. The van der Waals surface area contributed by atoms with Crippen LogP contribution in [0.25, 0.3) is 0 Å². The van der Waals surface area contributed by atoms with Crippen molar-refractivity contribution in [2.75, 3.05) is 52.9 Å². The monoisotopic (exact) mass is 418 g/mol. The Bertz CT molecular complexity index is 529. The zero-order chi connectivity index (χ0) is 21.9. The number of hydrogen-bond donors (Lipinski definition) is 0. The predicted molar refractivity (Wildman–Crippen MR) is 99.8 cm³/mol. The number of carbonyl (C=O) groups is 4. The summed E-state index contributed by atoms with van der Waals surface area (Å²) < 4.78 is 29.2. The van der Waals surface area contributed by atoms with E-state index in [1.807, 2.05) is 13.8 Å². The van der Waals surface area contributed by atoms with Crippen LogP contribution in [0.15, 0.2) is 12.2 Å². The van der Waals surface area contributed by atoms with Gasteiger partial charge in [-0.3, -0.25) is 4.79 Å². The van der Waals surface area contributed by atoms with Crippen LogP contribution in [0.1, 0.15) is 33.1 Å². The van der Waals surface area contributed by atoms with Gasteiger partial charge in [-0.15, -0.1) is 0 Å². The Morgan fingerprint density at radius 3 is 1.59 bits per heavy atom. The first-order chi connectivity index (χ1) is 13.9. The minimum atomic E-state index is -0.947. The first-order valence-corrected chi connectivity index (χ1v) is 9.37. The summed E-state index contributed by atoms with van der Waals surface area (Å²) in [5.41, 5.74) is -0.226. The average Bonchev–Trinajstić information content (AvgIpc) is 2.70. The van der Waals surface area contributed by atoms with Gasteiger partial charge in [0.2, 0.25) is 0 Å². The van der Waals surface area contributed by atoms with Crippen LogP contribution in [0.4, 0.5) is 0 Å². The fourth-order valence-electron chi connectivity index (χ4n) is 1.67. The van der Waals surface area contributed by atoms with Gasteiger partial charge in [-0.2, -0.15) is 0 Å². The fourth-order valence-corrected chi connectivity index (χ4v) is 1.67. The van der Waals surface area contributed by atoms with E-state index >= 15 is 0 Å². The molecule has 0 amide bonds. The highest BCUT2D eigenvalue weighted by molar-refractivity contribution is 5.94. The Hall–Kier alpha value is -2.46. The molecule has 0 heterocycles. The van der Waals surface area contributed by atoms with Crippen LogP contribution >= 0.6 is 0 Å². The summed E-state index contributed by atoms with van der Waals surface area (Å²) in [6, 6.07) is 0. The Morgan fingerprint density at radius 2 is 1.10 bits per heavy atom. The lowest BCUT2D eigenvalue weighted by atomic mass is 10.2. The standard InChI is InChI=1S/C19H30O10/c1-4-6-24-8-10-26-17(21)13-28-16(20)12-15(3)19(23)29-14-18(22)27-11-9-25-7-5-2/h3-14H2,1-2H3. The van der Waals surface area contributed by atoms with Crippen molar-refractivity contribution in [1.82, 2.24) is 0 Å². The third kappa shape index (κ3) is 16.2. The zero-order valence-corrected chi connectivity index (χ0v) is 17.1. The van der Waals surface area contributed by atoms with Gasteiger partial charge >= 0.3 is 23.9 Å². The van der Waals surface area contributed by atoms with E-state index in [0.29, 0.717) is 13.2 Å². The molecule has 10 heteroatoms. The van der Waals surface area contributed by atoms with Gasteiger partial charge in [0, 0.05) is 18.8 Å². The summed E-state index contributed by atoms with van der Waals surface area (Å²) in [6.07, 6.45) is 1.21. The maximum atomic E-state index is 11.7. The second-order valence-electron chi connectivity index (χ2n) is 5.68. The van der Waals surface area contributed by atoms with Gasteiger partial charge in [0.1, 0.15) is 13.2 Å². The van der Waals surface area contributed by atoms with Crippen LogP contribution < -0.4 is 0 Å². The first kappa shape index (κ1) is 26.5. The van der Waals surface area contributed by atoms with E-state index in [-0.39, 0.29) is 32.0 Å². The molecule has 0 radical (unpaired) electrons. The van der Waals surface area contributed by atoms with Crippen molar-refractivity contribution in [3.05, 3.63) is 12.2 Å². The van der Waals surface area contributed by atoms with Crippen LogP contribution in [-0.2, 0) is 47.6 Å². The molecular weight excluding hydrogens is 388 g/mol. The highest BCUT2D eigenvalue weighted by atomic mass is 16.6. The molecule has 0 spiro atoms. The minimum absolute atomic E-state index is 0.0461. The second kappa shape index (κ2) is 17.6. The van der Waals surface area contributed by atoms with E-state index in [1.54, 1.807) is 0 Å². The van der Waals surface area contributed by atoms with Crippen LogP contribution in [0.5, 0.6) is 0 Å². The van der Waals surface area contributed by atoms with Crippen LogP contribution in [0.2, 0.25) is 0 Å². The Morgan fingerprint density at radius 1 is 0.621 bits per heavy atom. The van der Waals surface area contributed by atoms with E-state index in [1.165, 1.54) is 0 Å². The van der Waals surface area contributed by atoms with Gasteiger partial charge in [-0.1, -0.05) is 20.4 Å². The lowest BCUT2D eigenvalue weighted by Gasteiger charge is -2.08. The molecule has 0 aromatic heterocycles. The average molecular weight is 418 g/mol. The first-order valence-electron chi connectivity index (χ1n) is 9.37. The van der Waals surface area contributed by atoms with Crippen LogP contribution in [-0.4, -0.2) is 76.7 Å². The third-order valence-electron chi connectivity index (χ3n) is 3.00. The lowest BCUT2D eigenvalue weighted by molar-refractivity contribution is -0.160. The van der Waals surface area contributed by atoms with Gasteiger partial charge in [0.25, 0.3) is 0 Å². The van der Waals surface area contributed by atoms with Crippen molar-refractivity contribution in [3.8, 4) is 0 Å². The quantitative estimate of drug-likeness (QED) is 0.146. The summed E-state index contributed by atoms with van der Waals surface area (Å²) in [4.78, 5) is 46.1. The van der Waals surface area contributed by atoms with Crippen LogP contribution in [0, 0.1) is 0 Å². The molecule has 0 aliphatic heterocycles. The highest BCUT2D eigenvalue weighted by Crippen LogP contribution is 2.03. The summed E-state index contributed by atoms with van der Waals surface area (Å²) in [5, 5.41) is 0. The van der Waals surface area contributed by atoms with Gasteiger partial charge < -0.3 is 28.4 Å². The van der Waals surface area contributed by atoms with Crippen molar-refractivity contribution in [3.63, 3.8) is 0 Å². The van der Waals surface area contributed by atoms with E-state index < -0.39 is 43.5 Å². The summed E-state index contributed by atoms with van der Waals surface area (Å²) in [5.74, 6) is -3.30. The molecule has 0 atom stereocenters. The molecule has 0 bridgehead atoms. The molecule has 0 saturated carbocycles. The molecule has 0 aliphatic rings. The molecular formula is C19H30O10. The maximum Gasteiger partial charge on any atom is 0.344 e. The van der Waals surface area contributed by atoms with Crippen molar-refractivity contribution in [2.45, 2.75) is 33.1 Å². The Labute approximate surface area is 170 Å². The Kier molecular flexibility index (Phi) is 16.1. The molecule has 0 rings (SSSR count). The summed E-state index contributed by atoms with van der Waals surface area (Å²) in [7, 11) is 0. The lowest BCUT2D eigenvalue weighted by Crippen LogP contribution is -2.21. The predicted octanol–water partition coefficient (Wildman–Crippen LogP) is 0.959. The number of esters is 4. The maximum absolute atomic E-state index is 11.7. The molecule has 0 aromatic carbocycles. The number of hydrogen-bond acceptors (Lipinski definition) is 10. The topological polar surface area (TPSA) is 124 Å². The minimum Gasteiger partial charge on any atom is -0.461 e. The van der Waals surface area contributed by atoms with Gasteiger partial charge in [-0.25, -0.2) is 14.4 Å². The van der Waals surface area contributed by atoms with Gasteiger partial charge in [-0.05, 0) is 12.8 Å². The molecule has 0 fully saturated rings. The van der Waals surface area contributed by atoms with Gasteiger partial charge in [0.15, 0.2) is 13.2 Å². The Balaban J connectivity index is 3.86. The smallest absolute Gasteiger partial charge is 0.344 e. The molecule has 29 heavy (non-hydrogen) atoms. The molecule has 0 saturated heterocycles. The zero-order valence-electron chi connectivity index (χ0n) is 17.1. The molecule has 0 N–H and O–H groups in total. The molecule has 0 unspecified atom stereocenters. The van der Waals surface area contributed by atoms with E-state index in [4.69, 9.17) is 18.9 Å². The van der Waals surface area contributed by atoms with Crippen LogP contribution in [0.3, 0.4) is 0 Å². The van der Waals surface area contributed by atoms with Crippen molar-refractivity contribution < 1.29 is 47.6 Å². The third-order valence-corrected chi connectivity index (χ3v) is 3.00. The van der Waals surface area contributed by atoms with Gasteiger partial charge in [0.05, 0.1) is 19.6 Å². The molecule has 10 nitrogen and oxygen atoms in total. The van der Waals surface area contributed by atoms with Crippen molar-refractivity contribution in [2.24, 2.45) is 0 Å². The van der Waals surface area contributed by atoms with Crippen molar-refractivity contribution >= 4 is 23.9 Å². The normalized spacial score (nSPS) is 10.1. The summed E-state index contributed by atoms with van der Waals surface area (Å²) >= 11 is 0. The number of ether oxygens (including phenoxy) is 6. The summed E-state index contributed by atoms with van der Waals surface area (Å²) in [6.45, 7) is 7.81.